The quantitative estimate of drug-likeness (QED) is 0.688. The molecule has 4 rings (SSSR count). The number of rotatable bonds is 4. The number of benzene rings is 2. The highest BCUT2D eigenvalue weighted by molar-refractivity contribution is 6.30. The van der Waals surface area contributed by atoms with Gasteiger partial charge in [-0.25, -0.2) is 0 Å². The van der Waals surface area contributed by atoms with E-state index in [1.807, 2.05) is 24.3 Å². The average Bonchev–Trinajstić information content (AvgIpc) is 2.72. The van der Waals surface area contributed by atoms with Crippen LogP contribution < -0.4 is 15.4 Å². The van der Waals surface area contributed by atoms with Gasteiger partial charge < -0.3 is 15.4 Å². The number of aromatic nitrogens is 1. The fourth-order valence-corrected chi connectivity index (χ4v) is 3.88. The van der Waals surface area contributed by atoms with E-state index < -0.39 is 5.41 Å². The number of pyridine rings is 1. The van der Waals surface area contributed by atoms with Crippen molar-refractivity contribution in [2.45, 2.75) is 18.8 Å². The van der Waals surface area contributed by atoms with Crippen molar-refractivity contribution in [3.05, 3.63) is 65.4 Å². The van der Waals surface area contributed by atoms with Gasteiger partial charge in [0.15, 0.2) is 0 Å². The molecular formula is C22H20ClN3O3. The SMILES string of the molecule is CC(=O)NCC1(C(=O)Nc2cncc3ccccc23)CCOc2ccc(Cl)cc21. The van der Waals surface area contributed by atoms with E-state index >= 15 is 0 Å². The Hall–Kier alpha value is -3.12. The highest BCUT2D eigenvalue weighted by Gasteiger charge is 2.45. The van der Waals surface area contributed by atoms with Gasteiger partial charge in [0.05, 0.1) is 23.9 Å². The second-order valence-corrected chi connectivity index (χ2v) is 7.53. The molecule has 0 saturated carbocycles. The zero-order valence-electron chi connectivity index (χ0n) is 15.9. The van der Waals surface area contributed by atoms with Crippen molar-refractivity contribution in [1.82, 2.24) is 10.3 Å². The summed E-state index contributed by atoms with van der Waals surface area (Å²) in [6, 6.07) is 12.9. The number of nitrogens with zero attached hydrogens (tertiary/aromatic N) is 1. The van der Waals surface area contributed by atoms with Crippen molar-refractivity contribution < 1.29 is 14.3 Å². The third-order valence-corrected chi connectivity index (χ3v) is 5.47. The van der Waals surface area contributed by atoms with Crippen LogP contribution in [0.1, 0.15) is 18.9 Å². The lowest BCUT2D eigenvalue weighted by Crippen LogP contribution is -2.51. The van der Waals surface area contributed by atoms with Crippen molar-refractivity contribution >= 4 is 39.9 Å². The lowest BCUT2D eigenvalue weighted by molar-refractivity contribution is -0.123. The van der Waals surface area contributed by atoms with Gasteiger partial charge in [-0.2, -0.15) is 0 Å². The van der Waals surface area contributed by atoms with Gasteiger partial charge in [-0.05, 0) is 18.2 Å². The number of nitrogens with one attached hydrogen (secondary N) is 2. The van der Waals surface area contributed by atoms with Crippen LogP contribution in [0, 0.1) is 0 Å². The van der Waals surface area contributed by atoms with E-state index in [0.29, 0.717) is 35.1 Å². The topological polar surface area (TPSA) is 80.3 Å². The summed E-state index contributed by atoms with van der Waals surface area (Å²) in [6.07, 6.45) is 3.79. The summed E-state index contributed by atoms with van der Waals surface area (Å²) in [5.41, 5.74) is 0.266. The van der Waals surface area contributed by atoms with Gasteiger partial charge in [-0.3, -0.25) is 14.6 Å². The smallest absolute Gasteiger partial charge is 0.237 e. The molecule has 0 aliphatic carbocycles. The van der Waals surface area contributed by atoms with Gasteiger partial charge in [0.2, 0.25) is 11.8 Å². The molecule has 0 fully saturated rings. The molecule has 29 heavy (non-hydrogen) atoms. The van der Waals surface area contributed by atoms with Crippen molar-refractivity contribution in [3.63, 3.8) is 0 Å². The number of amides is 2. The molecule has 2 amide bonds. The number of ether oxygens (including phenoxy) is 1. The molecule has 0 spiro atoms. The molecule has 2 aromatic carbocycles. The molecule has 2 N–H and O–H groups in total. The van der Waals surface area contributed by atoms with Crippen LogP contribution in [0.3, 0.4) is 0 Å². The maximum absolute atomic E-state index is 13.6. The summed E-state index contributed by atoms with van der Waals surface area (Å²) in [7, 11) is 0. The summed E-state index contributed by atoms with van der Waals surface area (Å²) < 4.78 is 5.75. The normalized spacial score (nSPS) is 17.9. The van der Waals surface area contributed by atoms with Gasteiger partial charge in [0.25, 0.3) is 0 Å². The van der Waals surface area contributed by atoms with Crippen LogP contribution in [0.4, 0.5) is 5.69 Å². The van der Waals surface area contributed by atoms with Crippen LogP contribution in [0.2, 0.25) is 5.02 Å². The summed E-state index contributed by atoms with van der Waals surface area (Å²) >= 11 is 6.23. The first-order valence-electron chi connectivity index (χ1n) is 9.31. The Labute approximate surface area is 173 Å². The fraction of sp³-hybridized carbons (Fsp3) is 0.227. The monoisotopic (exact) mass is 409 g/mol. The predicted octanol–water partition coefficient (Wildman–Crippen LogP) is 3.68. The van der Waals surface area contributed by atoms with Gasteiger partial charge in [-0.15, -0.1) is 0 Å². The largest absolute Gasteiger partial charge is 0.493 e. The van der Waals surface area contributed by atoms with Gasteiger partial charge in [-0.1, -0.05) is 35.9 Å². The predicted molar refractivity (Wildman–Crippen MR) is 112 cm³/mol. The van der Waals surface area contributed by atoms with Crippen molar-refractivity contribution in [1.29, 1.82) is 0 Å². The van der Waals surface area contributed by atoms with Crippen LogP contribution in [-0.4, -0.2) is 29.9 Å². The molecule has 7 heteroatoms. The number of carbonyl (C=O) groups excluding carboxylic acids is 2. The third kappa shape index (κ3) is 3.63. The lowest BCUT2D eigenvalue weighted by atomic mass is 9.74. The summed E-state index contributed by atoms with van der Waals surface area (Å²) in [4.78, 5) is 29.5. The molecule has 0 saturated heterocycles. The Morgan fingerprint density at radius 2 is 2.03 bits per heavy atom. The number of fused-ring (bicyclic) bond motifs is 2. The van der Waals surface area contributed by atoms with Gasteiger partial charge in [0, 0.05) is 47.4 Å². The Morgan fingerprint density at radius 3 is 2.86 bits per heavy atom. The van der Waals surface area contributed by atoms with Crippen LogP contribution in [-0.2, 0) is 15.0 Å². The zero-order valence-corrected chi connectivity index (χ0v) is 16.6. The molecule has 6 nitrogen and oxygen atoms in total. The van der Waals surface area contributed by atoms with E-state index in [-0.39, 0.29) is 18.4 Å². The van der Waals surface area contributed by atoms with E-state index in [0.717, 1.165) is 10.8 Å². The summed E-state index contributed by atoms with van der Waals surface area (Å²) in [6.45, 7) is 1.93. The van der Waals surface area contributed by atoms with Gasteiger partial charge in [0.1, 0.15) is 5.75 Å². The van der Waals surface area contributed by atoms with Crippen LogP contribution in [0.25, 0.3) is 10.8 Å². The number of hydrogen-bond acceptors (Lipinski definition) is 4. The second-order valence-electron chi connectivity index (χ2n) is 7.09. The highest BCUT2D eigenvalue weighted by atomic mass is 35.5. The molecular weight excluding hydrogens is 390 g/mol. The number of halogens is 1. The molecule has 148 valence electrons. The van der Waals surface area contributed by atoms with E-state index in [1.54, 1.807) is 30.6 Å². The first-order chi connectivity index (χ1) is 14.0. The first kappa shape index (κ1) is 19.2. The van der Waals surface area contributed by atoms with E-state index in [4.69, 9.17) is 16.3 Å². The molecule has 2 heterocycles. The third-order valence-electron chi connectivity index (χ3n) is 5.23. The van der Waals surface area contributed by atoms with E-state index in [2.05, 4.69) is 15.6 Å². The van der Waals surface area contributed by atoms with Crippen LogP contribution in [0.15, 0.2) is 54.9 Å². The molecule has 1 aromatic heterocycles. The first-order valence-corrected chi connectivity index (χ1v) is 9.69. The van der Waals surface area contributed by atoms with Gasteiger partial charge >= 0.3 is 0 Å². The molecule has 1 atom stereocenters. The minimum atomic E-state index is -1.01. The standard InChI is InChI=1S/C22H20ClN3O3/c1-14(27)25-13-22(8-9-29-20-7-6-16(23)10-18(20)22)21(28)26-19-12-24-11-15-4-2-3-5-17(15)19/h2-7,10-12H,8-9,13H2,1H3,(H,25,27)(H,26,28). The summed E-state index contributed by atoms with van der Waals surface area (Å²) in [5.74, 6) is 0.146. The Kier molecular flexibility index (Phi) is 5.11. The summed E-state index contributed by atoms with van der Waals surface area (Å²) in [5, 5.41) is 8.16. The Bertz CT molecular complexity index is 1100. The van der Waals surface area contributed by atoms with Crippen molar-refractivity contribution in [2.75, 3.05) is 18.5 Å². The molecule has 1 unspecified atom stereocenters. The number of anilines is 1. The van der Waals surface area contributed by atoms with Crippen LogP contribution >= 0.6 is 11.6 Å². The number of hydrogen-bond donors (Lipinski definition) is 2. The maximum Gasteiger partial charge on any atom is 0.237 e. The fourth-order valence-electron chi connectivity index (χ4n) is 3.71. The minimum absolute atomic E-state index is 0.142. The molecule has 0 bridgehead atoms. The van der Waals surface area contributed by atoms with Crippen molar-refractivity contribution in [3.8, 4) is 5.75 Å². The van der Waals surface area contributed by atoms with E-state index in [1.165, 1.54) is 6.92 Å². The molecule has 1 aliphatic heterocycles. The Balaban J connectivity index is 1.78. The highest BCUT2D eigenvalue weighted by Crippen LogP contribution is 2.41. The molecule has 0 radical (unpaired) electrons. The van der Waals surface area contributed by atoms with Crippen LogP contribution in [0.5, 0.6) is 5.75 Å². The molecule has 3 aromatic rings. The van der Waals surface area contributed by atoms with E-state index in [9.17, 15) is 9.59 Å². The lowest BCUT2D eigenvalue weighted by Gasteiger charge is -2.37. The maximum atomic E-state index is 13.6. The average molecular weight is 410 g/mol. The van der Waals surface area contributed by atoms with Crippen molar-refractivity contribution in [2.24, 2.45) is 0 Å². The molecule has 1 aliphatic rings. The minimum Gasteiger partial charge on any atom is -0.493 e. The number of carbonyl (C=O) groups is 2. The zero-order chi connectivity index (χ0) is 20.4. The Morgan fingerprint density at radius 1 is 1.21 bits per heavy atom. The second kappa shape index (κ2) is 7.72.